The van der Waals surface area contributed by atoms with Crippen molar-refractivity contribution in [3.8, 4) is 0 Å². The third kappa shape index (κ3) is 6.42. The van der Waals surface area contributed by atoms with Crippen LogP contribution in [-0.4, -0.2) is 46.7 Å². The summed E-state index contributed by atoms with van der Waals surface area (Å²) < 4.78 is 5.01. The van der Waals surface area contributed by atoms with E-state index in [-0.39, 0.29) is 5.97 Å². The second-order valence-corrected chi connectivity index (χ2v) is 7.45. The molecule has 0 fully saturated rings. The van der Waals surface area contributed by atoms with Crippen LogP contribution in [0.1, 0.15) is 22.0 Å². The third-order valence-corrected chi connectivity index (χ3v) is 5.56. The molecule has 2 heterocycles. The van der Waals surface area contributed by atoms with Crippen LogP contribution in [0.15, 0.2) is 47.9 Å². The van der Waals surface area contributed by atoms with Gasteiger partial charge in [0.15, 0.2) is 0 Å². The topological polar surface area (TPSA) is 104 Å². The molecule has 9 heteroatoms. The number of halogens is 1. The van der Waals surface area contributed by atoms with Crippen molar-refractivity contribution in [1.29, 1.82) is 0 Å². The first-order valence-corrected chi connectivity index (χ1v) is 9.84. The molecule has 1 atom stereocenters. The van der Waals surface area contributed by atoms with Crippen LogP contribution in [0.2, 0.25) is 5.02 Å². The minimum atomic E-state index is -1.26. The number of benzene rings is 1. The number of methoxy groups -OCH3 is 1. The van der Waals surface area contributed by atoms with Gasteiger partial charge in [-0.1, -0.05) is 29.8 Å². The lowest BCUT2D eigenvalue weighted by molar-refractivity contribution is -0.147. The van der Waals surface area contributed by atoms with Gasteiger partial charge in [-0.15, -0.1) is 11.3 Å². The number of hydrogen-bond acceptors (Lipinski definition) is 6. The average Bonchev–Trinajstić information content (AvgIpc) is 3.16. The zero-order valence-electron chi connectivity index (χ0n) is 15.6. The third-order valence-electron chi connectivity index (χ3n) is 4.20. The van der Waals surface area contributed by atoms with Crippen molar-refractivity contribution in [1.82, 2.24) is 4.90 Å². The van der Waals surface area contributed by atoms with Crippen LogP contribution in [0.25, 0.3) is 0 Å². The maximum atomic E-state index is 12.3. The molecule has 154 valence electrons. The van der Waals surface area contributed by atoms with E-state index in [1.807, 2.05) is 24.3 Å². The highest BCUT2D eigenvalue weighted by molar-refractivity contribution is 7.10. The quantitative estimate of drug-likeness (QED) is 0.545. The number of carbonyl (C=O) groups excluding carboxylic acids is 1. The van der Waals surface area contributed by atoms with E-state index in [4.69, 9.17) is 26.6 Å². The molecular weight excluding hydrogens is 418 g/mol. The molecule has 3 rings (SSSR count). The van der Waals surface area contributed by atoms with Crippen LogP contribution >= 0.6 is 22.9 Å². The number of carbonyl (C=O) groups is 3. The molecule has 1 aliphatic heterocycles. The summed E-state index contributed by atoms with van der Waals surface area (Å²) in [6, 6.07) is 9.16. The van der Waals surface area contributed by atoms with Crippen molar-refractivity contribution < 1.29 is 29.3 Å². The molecule has 0 amide bonds. The molecule has 0 saturated carbocycles. The van der Waals surface area contributed by atoms with Crippen LogP contribution in [0.3, 0.4) is 0 Å². The van der Waals surface area contributed by atoms with Crippen LogP contribution in [0, 0.1) is 0 Å². The van der Waals surface area contributed by atoms with Gasteiger partial charge in [0, 0.05) is 35.1 Å². The van der Waals surface area contributed by atoms with Gasteiger partial charge < -0.3 is 14.9 Å². The Morgan fingerprint density at radius 3 is 2.41 bits per heavy atom. The molecule has 7 nitrogen and oxygen atoms in total. The van der Waals surface area contributed by atoms with Crippen LogP contribution in [0.5, 0.6) is 0 Å². The molecule has 1 aromatic carbocycles. The molecule has 0 unspecified atom stereocenters. The zero-order chi connectivity index (χ0) is 21.4. The summed E-state index contributed by atoms with van der Waals surface area (Å²) in [5.41, 5.74) is 2.11. The first-order chi connectivity index (χ1) is 13.8. The van der Waals surface area contributed by atoms with E-state index in [1.165, 1.54) is 17.6 Å². The number of carboxylic acids is 2. The van der Waals surface area contributed by atoms with Crippen molar-refractivity contribution in [2.45, 2.75) is 19.0 Å². The summed E-state index contributed by atoms with van der Waals surface area (Å²) in [6.07, 6.45) is 2.08. The Balaban J connectivity index is 0.000000321. The monoisotopic (exact) mass is 437 g/mol. The first kappa shape index (κ1) is 22.6. The molecule has 0 aliphatic carbocycles. The van der Waals surface area contributed by atoms with E-state index in [2.05, 4.69) is 16.3 Å². The van der Waals surface area contributed by atoms with Crippen molar-refractivity contribution in [3.05, 3.63) is 68.9 Å². The Kier molecular flexibility index (Phi) is 8.38. The molecule has 29 heavy (non-hydrogen) atoms. The fourth-order valence-corrected chi connectivity index (χ4v) is 4.04. The summed E-state index contributed by atoms with van der Waals surface area (Å²) in [5.74, 6) is -2.78. The molecular formula is C20H20ClNO6S. The van der Waals surface area contributed by atoms with Gasteiger partial charge in [0.1, 0.15) is 6.04 Å². The highest BCUT2D eigenvalue weighted by atomic mass is 35.5. The number of aliphatic carboxylic acids is 2. The molecule has 1 aliphatic rings. The van der Waals surface area contributed by atoms with E-state index >= 15 is 0 Å². The number of esters is 1. The molecule has 0 radical (unpaired) electrons. The normalized spacial score (nSPS) is 14.4. The molecule has 0 saturated heterocycles. The van der Waals surface area contributed by atoms with E-state index < -0.39 is 18.0 Å². The lowest BCUT2D eigenvalue weighted by atomic mass is 10.0. The van der Waals surface area contributed by atoms with Crippen LogP contribution in [-0.2, 0) is 32.1 Å². The maximum absolute atomic E-state index is 12.3. The van der Waals surface area contributed by atoms with Gasteiger partial charge in [0.05, 0.1) is 7.11 Å². The minimum Gasteiger partial charge on any atom is -0.478 e. The summed E-state index contributed by atoms with van der Waals surface area (Å²) in [4.78, 5) is 35.0. The Hall–Kier alpha value is -2.68. The molecule has 2 aromatic rings. The Labute approximate surface area is 176 Å². The number of thiophene rings is 1. The zero-order valence-corrected chi connectivity index (χ0v) is 17.2. The van der Waals surface area contributed by atoms with Gasteiger partial charge in [-0.25, -0.2) is 14.4 Å². The van der Waals surface area contributed by atoms with Crippen molar-refractivity contribution >= 4 is 40.8 Å². The van der Waals surface area contributed by atoms with E-state index in [9.17, 15) is 14.4 Å². The number of rotatable bonds is 5. The molecule has 0 spiro atoms. The number of fused-ring (bicyclic) bond motifs is 1. The molecule has 1 aromatic heterocycles. The summed E-state index contributed by atoms with van der Waals surface area (Å²) in [6.45, 7) is 1.59. The van der Waals surface area contributed by atoms with Gasteiger partial charge in [-0.3, -0.25) is 4.90 Å². The second kappa shape index (κ2) is 10.8. The van der Waals surface area contributed by atoms with Gasteiger partial charge >= 0.3 is 17.9 Å². The molecule has 0 bridgehead atoms. The van der Waals surface area contributed by atoms with E-state index in [1.54, 1.807) is 11.3 Å². The minimum absolute atomic E-state index is 0.262. The summed E-state index contributed by atoms with van der Waals surface area (Å²) >= 11 is 8.07. The lowest BCUT2D eigenvalue weighted by Crippen LogP contribution is -2.38. The fraction of sp³-hybridized carbons (Fsp3) is 0.250. The SMILES string of the molecule is COC(=O)[C@H](c1ccccc1Cl)N1CCc2sccc2C1.O=C(O)/C=C/C(=O)O. The van der Waals surface area contributed by atoms with Crippen LogP contribution in [0.4, 0.5) is 0 Å². The van der Waals surface area contributed by atoms with Gasteiger partial charge in [0.2, 0.25) is 0 Å². The first-order valence-electron chi connectivity index (χ1n) is 8.59. The van der Waals surface area contributed by atoms with Crippen LogP contribution < -0.4 is 0 Å². The summed E-state index contributed by atoms with van der Waals surface area (Å²) in [7, 11) is 1.42. The Morgan fingerprint density at radius 1 is 1.17 bits per heavy atom. The van der Waals surface area contributed by atoms with Crippen molar-refractivity contribution in [2.75, 3.05) is 13.7 Å². The fourth-order valence-electron chi connectivity index (χ4n) is 2.91. The van der Waals surface area contributed by atoms with E-state index in [0.29, 0.717) is 17.2 Å². The average molecular weight is 438 g/mol. The van der Waals surface area contributed by atoms with Gasteiger partial charge in [-0.2, -0.15) is 0 Å². The lowest BCUT2D eigenvalue weighted by Gasteiger charge is -2.33. The molecule has 2 N–H and O–H groups in total. The van der Waals surface area contributed by atoms with E-state index in [0.717, 1.165) is 25.1 Å². The Bertz CT molecular complexity index is 894. The predicted octanol–water partition coefficient (Wildman–Crippen LogP) is 3.39. The standard InChI is InChI=1S/C16H16ClNO2S.C4H4O4/c1-20-16(19)15(12-4-2-3-5-13(12)17)18-8-6-14-11(10-18)7-9-21-14;5-3(6)1-2-4(7)8/h2-5,7,9,15H,6,8,10H2,1H3;1-2H,(H,5,6)(H,7,8)/b;2-1+/t15-;/m0./s1. The predicted molar refractivity (Wildman–Crippen MR) is 109 cm³/mol. The highest BCUT2D eigenvalue weighted by Crippen LogP contribution is 2.33. The van der Waals surface area contributed by atoms with Crippen molar-refractivity contribution in [2.24, 2.45) is 0 Å². The van der Waals surface area contributed by atoms with Gasteiger partial charge in [-0.05, 0) is 35.1 Å². The van der Waals surface area contributed by atoms with Crippen molar-refractivity contribution in [3.63, 3.8) is 0 Å². The second-order valence-electron chi connectivity index (χ2n) is 6.05. The highest BCUT2D eigenvalue weighted by Gasteiger charge is 2.32. The van der Waals surface area contributed by atoms with Gasteiger partial charge in [0.25, 0.3) is 0 Å². The number of carboxylic acid groups (broad SMARTS) is 2. The Morgan fingerprint density at radius 2 is 1.83 bits per heavy atom. The maximum Gasteiger partial charge on any atom is 0.328 e. The number of hydrogen-bond donors (Lipinski definition) is 2. The largest absolute Gasteiger partial charge is 0.478 e. The number of nitrogens with zero attached hydrogens (tertiary/aromatic N) is 1. The smallest absolute Gasteiger partial charge is 0.328 e. The number of ether oxygens (including phenoxy) is 1. The summed E-state index contributed by atoms with van der Waals surface area (Å²) in [5, 5.41) is 18.3.